The molecule has 92 valence electrons. The van der Waals surface area contributed by atoms with Crippen molar-refractivity contribution in [1.82, 2.24) is 15.1 Å². The van der Waals surface area contributed by atoms with Crippen LogP contribution in [0.15, 0.2) is 26.7 Å². The van der Waals surface area contributed by atoms with Gasteiger partial charge in [-0.25, -0.2) is 0 Å². The van der Waals surface area contributed by atoms with Crippen molar-refractivity contribution in [2.24, 2.45) is 0 Å². The minimum absolute atomic E-state index is 0.898. The summed E-state index contributed by atoms with van der Waals surface area (Å²) in [6, 6.07) is 2.14. The molecule has 3 nitrogen and oxygen atoms in total. The molecule has 0 amide bonds. The van der Waals surface area contributed by atoms with Gasteiger partial charge in [0, 0.05) is 28.6 Å². The molecule has 0 bridgehead atoms. The molecule has 0 radical (unpaired) electrons. The summed E-state index contributed by atoms with van der Waals surface area (Å²) < 4.78 is 4.24. The fourth-order valence-corrected chi connectivity index (χ4v) is 3.62. The lowest BCUT2D eigenvalue weighted by Gasteiger charge is -2.03. The second kappa shape index (κ2) is 6.13. The number of hydrogen-bond acceptors (Lipinski definition) is 3. The molecule has 0 saturated carbocycles. The minimum Gasteiger partial charge on any atom is -0.310 e. The summed E-state index contributed by atoms with van der Waals surface area (Å²) in [5.74, 6) is 0. The first-order chi connectivity index (χ1) is 8.15. The van der Waals surface area contributed by atoms with Crippen LogP contribution in [0.25, 0.3) is 0 Å². The van der Waals surface area contributed by atoms with E-state index in [1.807, 2.05) is 10.9 Å². The van der Waals surface area contributed by atoms with Gasteiger partial charge in [-0.15, -0.1) is 11.3 Å². The van der Waals surface area contributed by atoms with Crippen molar-refractivity contribution in [3.05, 3.63) is 37.2 Å². The molecule has 0 unspecified atom stereocenters. The van der Waals surface area contributed by atoms with Gasteiger partial charge in [-0.3, -0.25) is 4.68 Å². The molecule has 0 atom stereocenters. The summed E-state index contributed by atoms with van der Waals surface area (Å²) >= 11 is 8.73. The molecular formula is C11H13Br2N3S. The standard InChI is InChI=1S/C11H13Br2N3S/c1-8-5-15-16(7-8)3-2-14-6-9-4-10(12)11(13)17-9/h4-5,7,14H,2-3,6H2,1H3. The van der Waals surface area contributed by atoms with Gasteiger partial charge in [-0.05, 0) is 50.4 Å². The Morgan fingerprint density at radius 2 is 2.29 bits per heavy atom. The maximum Gasteiger partial charge on any atom is 0.0843 e. The monoisotopic (exact) mass is 377 g/mol. The molecule has 2 aromatic rings. The Kier molecular flexibility index (Phi) is 4.78. The summed E-state index contributed by atoms with van der Waals surface area (Å²) in [5, 5.41) is 7.65. The number of thiophene rings is 1. The largest absolute Gasteiger partial charge is 0.310 e. The molecule has 0 aliphatic heterocycles. The zero-order valence-electron chi connectivity index (χ0n) is 9.41. The Labute approximate surface area is 121 Å². The van der Waals surface area contributed by atoms with Crippen molar-refractivity contribution in [1.29, 1.82) is 0 Å². The third-order valence-corrected chi connectivity index (χ3v) is 5.53. The predicted octanol–water partition coefficient (Wildman–Crippen LogP) is 3.57. The molecule has 0 aromatic carbocycles. The zero-order valence-corrected chi connectivity index (χ0v) is 13.4. The third-order valence-electron chi connectivity index (χ3n) is 2.28. The summed E-state index contributed by atoms with van der Waals surface area (Å²) in [4.78, 5) is 1.32. The van der Waals surface area contributed by atoms with Gasteiger partial charge >= 0.3 is 0 Å². The Bertz CT molecular complexity index is 473. The topological polar surface area (TPSA) is 29.9 Å². The van der Waals surface area contributed by atoms with E-state index in [9.17, 15) is 0 Å². The Morgan fingerprint density at radius 1 is 1.47 bits per heavy atom. The highest BCUT2D eigenvalue weighted by atomic mass is 79.9. The molecule has 2 heterocycles. The van der Waals surface area contributed by atoms with Crippen LogP contribution in [0.2, 0.25) is 0 Å². The zero-order chi connectivity index (χ0) is 12.3. The van der Waals surface area contributed by atoms with Crippen LogP contribution in [0.1, 0.15) is 10.4 Å². The van der Waals surface area contributed by atoms with Gasteiger partial charge in [-0.1, -0.05) is 0 Å². The number of hydrogen-bond donors (Lipinski definition) is 1. The Balaban J connectivity index is 1.73. The van der Waals surface area contributed by atoms with Gasteiger partial charge in [-0.2, -0.15) is 5.10 Å². The quantitative estimate of drug-likeness (QED) is 0.806. The molecule has 0 aliphatic rings. The first kappa shape index (κ1) is 13.3. The number of halogens is 2. The van der Waals surface area contributed by atoms with Crippen LogP contribution in [-0.4, -0.2) is 16.3 Å². The second-order valence-corrected chi connectivity index (χ2v) is 7.10. The number of nitrogens with one attached hydrogen (secondary N) is 1. The van der Waals surface area contributed by atoms with Crippen LogP contribution < -0.4 is 5.32 Å². The van der Waals surface area contributed by atoms with E-state index in [4.69, 9.17) is 0 Å². The maximum atomic E-state index is 4.24. The van der Waals surface area contributed by atoms with Crippen molar-refractivity contribution in [3.8, 4) is 0 Å². The summed E-state index contributed by atoms with van der Waals surface area (Å²) in [6.45, 7) is 4.78. The number of aryl methyl sites for hydroxylation is 1. The lowest BCUT2D eigenvalue weighted by Crippen LogP contribution is -2.19. The molecule has 1 N–H and O–H groups in total. The molecule has 0 aliphatic carbocycles. The minimum atomic E-state index is 0.898. The van der Waals surface area contributed by atoms with E-state index in [0.717, 1.165) is 27.9 Å². The van der Waals surface area contributed by atoms with Gasteiger partial charge in [0.05, 0.1) is 16.5 Å². The average molecular weight is 379 g/mol. The van der Waals surface area contributed by atoms with Crippen molar-refractivity contribution >= 4 is 43.2 Å². The van der Waals surface area contributed by atoms with E-state index in [2.05, 4.69) is 61.5 Å². The van der Waals surface area contributed by atoms with Gasteiger partial charge in [0.2, 0.25) is 0 Å². The fraction of sp³-hybridized carbons (Fsp3) is 0.364. The van der Waals surface area contributed by atoms with Crippen LogP contribution in [0, 0.1) is 6.92 Å². The summed E-state index contributed by atoms with van der Waals surface area (Å²) in [7, 11) is 0. The molecule has 2 aromatic heterocycles. The van der Waals surface area contributed by atoms with Crippen LogP contribution in [0.3, 0.4) is 0 Å². The Hall–Kier alpha value is -0.170. The maximum absolute atomic E-state index is 4.24. The first-order valence-electron chi connectivity index (χ1n) is 5.28. The SMILES string of the molecule is Cc1cnn(CCNCc2cc(Br)c(Br)s2)c1. The van der Waals surface area contributed by atoms with E-state index in [0.29, 0.717) is 0 Å². The highest BCUT2D eigenvalue weighted by Crippen LogP contribution is 2.32. The van der Waals surface area contributed by atoms with Crippen molar-refractivity contribution < 1.29 is 0 Å². The van der Waals surface area contributed by atoms with E-state index in [1.165, 1.54) is 10.4 Å². The molecule has 0 fully saturated rings. The molecule has 17 heavy (non-hydrogen) atoms. The molecular weight excluding hydrogens is 366 g/mol. The van der Waals surface area contributed by atoms with E-state index in [-0.39, 0.29) is 0 Å². The number of rotatable bonds is 5. The fourth-order valence-electron chi connectivity index (χ4n) is 1.47. The lowest BCUT2D eigenvalue weighted by molar-refractivity contribution is 0.556. The second-order valence-electron chi connectivity index (χ2n) is 3.79. The highest BCUT2D eigenvalue weighted by Gasteiger charge is 2.03. The average Bonchev–Trinajstić information content (AvgIpc) is 2.82. The van der Waals surface area contributed by atoms with Crippen LogP contribution in [-0.2, 0) is 13.1 Å². The van der Waals surface area contributed by atoms with Gasteiger partial charge in [0.25, 0.3) is 0 Å². The van der Waals surface area contributed by atoms with Crippen LogP contribution in [0.5, 0.6) is 0 Å². The highest BCUT2D eigenvalue weighted by molar-refractivity contribution is 9.13. The molecule has 2 rings (SSSR count). The van der Waals surface area contributed by atoms with Gasteiger partial charge in [0.15, 0.2) is 0 Å². The van der Waals surface area contributed by atoms with Gasteiger partial charge < -0.3 is 5.32 Å². The number of nitrogens with zero attached hydrogens (tertiary/aromatic N) is 2. The van der Waals surface area contributed by atoms with Crippen molar-refractivity contribution in [2.75, 3.05) is 6.54 Å². The van der Waals surface area contributed by atoms with E-state index >= 15 is 0 Å². The van der Waals surface area contributed by atoms with Crippen molar-refractivity contribution in [3.63, 3.8) is 0 Å². The van der Waals surface area contributed by atoms with Gasteiger partial charge in [0.1, 0.15) is 0 Å². The summed E-state index contributed by atoms with van der Waals surface area (Å²) in [5.41, 5.74) is 1.20. The lowest BCUT2D eigenvalue weighted by atomic mass is 10.4. The first-order valence-corrected chi connectivity index (χ1v) is 7.69. The van der Waals surface area contributed by atoms with E-state index < -0.39 is 0 Å². The van der Waals surface area contributed by atoms with E-state index in [1.54, 1.807) is 11.3 Å². The smallest absolute Gasteiger partial charge is 0.0843 e. The number of aromatic nitrogens is 2. The molecule has 0 spiro atoms. The Morgan fingerprint density at radius 3 is 2.88 bits per heavy atom. The summed E-state index contributed by atoms with van der Waals surface area (Å²) in [6.07, 6.45) is 3.94. The molecule has 6 heteroatoms. The third kappa shape index (κ3) is 3.91. The van der Waals surface area contributed by atoms with Crippen LogP contribution in [0.4, 0.5) is 0 Å². The van der Waals surface area contributed by atoms with Crippen molar-refractivity contribution in [2.45, 2.75) is 20.0 Å². The normalized spacial score (nSPS) is 11.0. The molecule has 0 saturated heterocycles. The predicted molar refractivity (Wildman–Crippen MR) is 78.4 cm³/mol. The van der Waals surface area contributed by atoms with Crippen LogP contribution >= 0.6 is 43.2 Å².